The summed E-state index contributed by atoms with van der Waals surface area (Å²) in [5.74, 6) is 0.0737. The van der Waals surface area contributed by atoms with E-state index in [1.54, 1.807) is 22.7 Å². The van der Waals surface area contributed by atoms with Crippen LogP contribution in [0.4, 0.5) is 5.00 Å². The summed E-state index contributed by atoms with van der Waals surface area (Å²) in [4.78, 5) is 17.4. The van der Waals surface area contributed by atoms with Crippen LogP contribution in [0.2, 0.25) is 0 Å². The Morgan fingerprint density at radius 1 is 1.43 bits per heavy atom. The Labute approximate surface area is 131 Å². The van der Waals surface area contributed by atoms with Crippen LogP contribution in [-0.2, 0) is 13.0 Å². The Morgan fingerprint density at radius 3 is 3.10 bits per heavy atom. The maximum atomic E-state index is 12.5. The van der Waals surface area contributed by atoms with Crippen LogP contribution in [0.1, 0.15) is 38.8 Å². The summed E-state index contributed by atoms with van der Waals surface area (Å²) in [5.41, 5.74) is 2.15. The number of amides is 1. The summed E-state index contributed by atoms with van der Waals surface area (Å²) >= 11 is 3.42. The Kier molecular flexibility index (Phi) is 3.24. The van der Waals surface area contributed by atoms with Crippen molar-refractivity contribution in [3.63, 3.8) is 0 Å². The lowest BCUT2D eigenvalue weighted by molar-refractivity contribution is 0.0935. The van der Waals surface area contributed by atoms with E-state index in [2.05, 4.69) is 28.5 Å². The number of nitrogens with zero attached hydrogens (tertiary/aromatic N) is 1. The van der Waals surface area contributed by atoms with Gasteiger partial charge >= 0.3 is 0 Å². The molecular formula is C15H17N3OS2. The molecule has 0 saturated heterocycles. The summed E-state index contributed by atoms with van der Waals surface area (Å²) in [5, 5.41) is 9.67. The number of hydrogen-bond donors (Lipinski definition) is 2. The number of thiophene rings is 2. The van der Waals surface area contributed by atoms with Gasteiger partial charge in [-0.2, -0.15) is 0 Å². The van der Waals surface area contributed by atoms with Crippen LogP contribution >= 0.6 is 22.7 Å². The van der Waals surface area contributed by atoms with Gasteiger partial charge in [0.1, 0.15) is 11.2 Å². The van der Waals surface area contributed by atoms with E-state index in [4.69, 9.17) is 0 Å². The first-order valence-corrected chi connectivity index (χ1v) is 8.93. The fourth-order valence-corrected chi connectivity index (χ4v) is 5.08. The number of nitrogens with one attached hydrogen (secondary N) is 2. The number of likely N-dealkylation sites (N-methyl/N-ethyl adjacent to an activating group) is 1. The SMILES string of the molecule is CCN1CCc2c(sc3c2C(=O)NC(c2cccs2)N3)C1. The topological polar surface area (TPSA) is 44.4 Å². The fourth-order valence-electron chi connectivity index (χ4n) is 3.04. The van der Waals surface area contributed by atoms with Crippen molar-refractivity contribution >= 4 is 33.6 Å². The Balaban J connectivity index is 1.69. The van der Waals surface area contributed by atoms with E-state index >= 15 is 0 Å². The lowest BCUT2D eigenvalue weighted by Gasteiger charge is -2.27. The molecule has 0 radical (unpaired) electrons. The fraction of sp³-hybridized carbons (Fsp3) is 0.400. The number of rotatable bonds is 2. The summed E-state index contributed by atoms with van der Waals surface area (Å²) in [6.07, 6.45) is 0.890. The third-order valence-corrected chi connectivity index (χ3v) is 6.27. The molecule has 4 heterocycles. The first-order chi connectivity index (χ1) is 10.3. The van der Waals surface area contributed by atoms with Crippen molar-refractivity contribution in [1.82, 2.24) is 10.2 Å². The molecule has 2 N–H and O–H groups in total. The number of carbonyl (C=O) groups is 1. The summed E-state index contributed by atoms with van der Waals surface area (Å²) in [6, 6.07) is 4.07. The predicted molar refractivity (Wildman–Crippen MR) is 87.1 cm³/mol. The molecule has 0 aliphatic carbocycles. The highest BCUT2D eigenvalue weighted by Gasteiger charge is 2.33. The van der Waals surface area contributed by atoms with Gasteiger partial charge in [-0.25, -0.2) is 0 Å². The number of fused-ring (bicyclic) bond motifs is 3. The van der Waals surface area contributed by atoms with E-state index in [1.165, 1.54) is 10.4 Å². The van der Waals surface area contributed by atoms with Crippen molar-refractivity contribution in [1.29, 1.82) is 0 Å². The quantitative estimate of drug-likeness (QED) is 0.894. The maximum Gasteiger partial charge on any atom is 0.256 e. The van der Waals surface area contributed by atoms with E-state index in [9.17, 15) is 4.79 Å². The van der Waals surface area contributed by atoms with Crippen LogP contribution in [0, 0.1) is 0 Å². The van der Waals surface area contributed by atoms with Gasteiger partial charge in [-0.05, 0) is 30.0 Å². The number of carbonyl (C=O) groups excluding carboxylic acids is 1. The van der Waals surface area contributed by atoms with E-state index in [0.29, 0.717) is 0 Å². The minimum Gasteiger partial charge on any atom is -0.352 e. The van der Waals surface area contributed by atoms with Crippen molar-refractivity contribution in [2.24, 2.45) is 0 Å². The molecule has 0 bridgehead atoms. The van der Waals surface area contributed by atoms with Gasteiger partial charge in [-0.1, -0.05) is 13.0 Å². The van der Waals surface area contributed by atoms with E-state index in [-0.39, 0.29) is 12.1 Å². The second-order valence-corrected chi connectivity index (χ2v) is 7.48. The molecule has 0 fully saturated rings. The molecule has 2 aliphatic rings. The highest BCUT2D eigenvalue weighted by Crippen LogP contribution is 2.41. The molecule has 0 spiro atoms. The average molecular weight is 319 g/mol. The van der Waals surface area contributed by atoms with E-state index in [1.807, 2.05) is 11.4 Å². The van der Waals surface area contributed by atoms with Crippen LogP contribution in [0.15, 0.2) is 17.5 Å². The van der Waals surface area contributed by atoms with E-state index < -0.39 is 0 Å². The van der Waals surface area contributed by atoms with Crippen LogP contribution in [0.3, 0.4) is 0 Å². The maximum absolute atomic E-state index is 12.5. The molecule has 2 aliphatic heterocycles. The normalized spacial score (nSPS) is 21.4. The van der Waals surface area contributed by atoms with Gasteiger partial charge < -0.3 is 10.6 Å². The van der Waals surface area contributed by atoms with Crippen LogP contribution in [0.5, 0.6) is 0 Å². The van der Waals surface area contributed by atoms with Crippen LogP contribution in [0.25, 0.3) is 0 Å². The molecule has 1 amide bonds. The van der Waals surface area contributed by atoms with Crippen molar-refractivity contribution in [3.8, 4) is 0 Å². The third kappa shape index (κ3) is 2.18. The Morgan fingerprint density at radius 2 is 2.33 bits per heavy atom. The summed E-state index contributed by atoms with van der Waals surface area (Å²) in [7, 11) is 0. The number of anilines is 1. The zero-order valence-corrected chi connectivity index (χ0v) is 13.4. The van der Waals surface area contributed by atoms with Gasteiger partial charge in [0.05, 0.1) is 5.56 Å². The highest BCUT2D eigenvalue weighted by atomic mass is 32.1. The molecule has 0 saturated carbocycles. The molecule has 2 aromatic heterocycles. The zero-order valence-electron chi connectivity index (χ0n) is 11.8. The van der Waals surface area contributed by atoms with Gasteiger partial charge in [0.15, 0.2) is 0 Å². The van der Waals surface area contributed by atoms with Gasteiger partial charge in [-0.15, -0.1) is 22.7 Å². The number of hydrogen-bond acceptors (Lipinski definition) is 5. The van der Waals surface area contributed by atoms with Crippen molar-refractivity contribution < 1.29 is 4.79 Å². The lowest BCUT2D eigenvalue weighted by Crippen LogP contribution is -2.38. The molecule has 21 heavy (non-hydrogen) atoms. The molecule has 1 unspecified atom stereocenters. The molecule has 4 rings (SSSR count). The average Bonchev–Trinajstić information content (AvgIpc) is 3.13. The molecule has 110 valence electrons. The minimum atomic E-state index is -0.0904. The van der Waals surface area contributed by atoms with Crippen molar-refractivity contribution in [2.45, 2.75) is 26.1 Å². The predicted octanol–water partition coefficient (Wildman–Crippen LogP) is 3.04. The van der Waals surface area contributed by atoms with Gasteiger partial charge in [-0.3, -0.25) is 9.69 Å². The molecular weight excluding hydrogens is 302 g/mol. The second-order valence-electron chi connectivity index (χ2n) is 5.39. The van der Waals surface area contributed by atoms with Gasteiger partial charge in [0.2, 0.25) is 0 Å². The molecule has 2 aromatic rings. The highest BCUT2D eigenvalue weighted by molar-refractivity contribution is 7.16. The largest absolute Gasteiger partial charge is 0.352 e. The van der Waals surface area contributed by atoms with Crippen molar-refractivity contribution in [3.05, 3.63) is 38.4 Å². The van der Waals surface area contributed by atoms with Crippen LogP contribution < -0.4 is 10.6 Å². The first kappa shape index (κ1) is 13.3. The molecule has 4 nitrogen and oxygen atoms in total. The smallest absolute Gasteiger partial charge is 0.256 e. The monoisotopic (exact) mass is 319 g/mol. The first-order valence-electron chi connectivity index (χ1n) is 7.24. The van der Waals surface area contributed by atoms with Gasteiger partial charge in [0, 0.05) is 22.8 Å². The third-order valence-electron chi connectivity index (χ3n) is 4.19. The lowest BCUT2D eigenvalue weighted by atomic mass is 10.0. The minimum absolute atomic E-state index is 0.0737. The molecule has 6 heteroatoms. The van der Waals surface area contributed by atoms with E-state index in [0.717, 1.165) is 41.5 Å². The zero-order chi connectivity index (χ0) is 14.4. The standard InChI is InChI=1S/C15H17N3OS2/c1-2-18-6-5-9-11(8-18)21-15-12(9)14(19)16-13(17-15)10-4-3-7-20-10/h3-4,7,13,17H,2,5-6,8H2,1H3,(H,16,19). The van der Waals surface area contributed by atoms with Crippen LogP contribution in [-0.4, -0.2) is 23.9 Å². The second kappa shape index (κ2) is 5.12. The Bertz CT molecular complexity index is 677. The summed E-state index contributed by atoms with van der Waals surface area (Å²) < 4.78 is 0. The molecule has 0 aromatic carbocycles. The van der Waals surface area contributed by atoms with Crippen molar-refractivity contribution in [2.75, 3.05) is 18.4 Å². The Hall–Kier alpha value is -1.37. The van der Waals surface area contributed by atoms with Gasteiger partial charge in [0.25, 0.3) is 5.91 Å². The summed E-state index contributed by atoms with van der Waals surface area (Å²) in [6.45, 7) is 5.28. The molecule has 1 atom stereocenters.